The summed E-state index contributed by atoms with van der Waals surface area (Å²) in [6.07, 6.45) is -5.20. The maximum Gasteiger partial charge on any atom is 0.481 e. The molecule has 4 aromatic rings. The molecule has 50 heavy (non-hydrogen) atoms. The second kappa shape index (κ2) is 16.2. The molecule has 19 nitrogen and oxygen atoms in total. The summed E-state index contributed by atoms with van der Waals surface area (Å²) in [5.74, 6) is -0.636. The summed E-state index contributed by atoms with van der Waals surface area (Å²) in [7, 11) is -10.5. The molecule has 1 saturated heterocycles. The number of phosphoric ester groups is 2. The number of aliphatic hydroxyl groups excluding tert-OH is 3. The van der Waals surface area contributed by atoms with Crippen LogP contribution in [-0.2, 0) is 45.2 Å². The Morgan fingerprint density at radius 3 is 2.42 bits per heavy atom. The third-order valence-electron chi connectivity index (χ3n) is 7.28. The summed E-state index contributed by atoms with van der Waals surface area (Å²) in [5.41, 5.74) is 6.31. The number of benzene rings is 2. The van der Waals surface area contributed by atoms with Crippen LogP contribution in [0.1, 0.15) is 30.2 Å². The van der Waals surface area contributed by atoms with Gasteiger partial charge in [-0.25, -0.2) is 14.1 Å². The first-order valence-corrected chi connectivity index (χ1v) is 18.7. The number of nitrogens with zero attached hydrogens (tertiary/aromatic N) is 3. The van der Waals surface area contributed by atoms with Crippen LogP contribution in [0.3, 0.4) is 0 Å². The van der Waals surface area contributed by atoms with E-state index in [0.29, 0.717) is 0 Å². The van der Waals surface area contributed by atoms with Gasteiger partial charge in [0.2, 0.25) is 11.9 Å². The number of hydrogen-bond donors (Lipinski definition) is 8. The summed E-state index contributed by atoms with van der Waals surface area (Å²) < 4.78 is 45.2. The Labute approximate surface area is 287 Å². The van der Waals surface area contributed by atoms with Gasteiger partial charge in [0.05, 0.1) is 26.1 Å². The van der Waals surface area contributed by atoms with E-state index in [1.54, 1.807) is 0 Å². The number of carbonyl (C=O) groups is 1. The summed E-state index contributed by atoms with van der Waals surface area (Å²) in [5, 5.41) is 33.3. The zero-order valence-electron chi connectivity index (χ0n) is 26.0. The SMILES string of the molecule is Nc1nc2c(ncn2[C@@H]2O[C@H](COP(=O)(O)OP(=O)(O)OCCCC(=O)NCc3ccccc3Sc3ccccc3CO)[C@@H](O)[C@H]2O)c(=O)[nH]1. The second-order valence-electron chi connectivity index (χ2n) is 10.8. The van der Waals surface area contributed by atoms with Crippen molar-refractivity contribution < 1.29 is 57.1 Å². The Hall–Kier alpha value is -3.49. The molecule has 0 radical (unpaired) electrons. The van der Waals surface area contributed by atoms with Gasteiger partial charge in [-0.1, -0.05) is 48.2 Å². The molecule has 1 amide bonds. The quantitative estimate of drug-likeness (QED) is 0.0590. The lowest BCUT2D eigenvalue weighted by atomic mass is 10.1. The fraction of sp³-hybridized carbons (Fsp3) is 0.357. The van der Waals surface area contributed by atoms with Gasteiger partial charge in [-0.15, -0.1) is 0 Å². The van der Waals surface area contributed by atoms with Crippen LogP contribution in [-0.4, -0.2) is 82.1 Å². The molecule has 2 unspecified atom stereocenters. The van der Waals surface area contributed by atoms with E-state index in [1.165, 1.54) is 11.8 Å². The number of ether oxygens (including phenoxy) is 1. The van der Waals surface area contributed by atoms with Crippen LogP contribution in [0.15, 0.2) is 69.4 Å². The Balaban J connectivity index is 1.05. The van der Waals surface area contributed by atoms with E-state index < -0.39 is 59.0 Å². The molecule has 5 rings (SSSR count). The predicted molar refractivity (Wildman–Crippen MR) is 175 cm³/mol. The number of H-pyrrole nitrogens is 1. The molecule has 0 saturated carbocycles. The molecule has 3 heterocycles. The van der Waals surface area contributed by atoms with Crippen LogP contribution in [0.4, 0.5) is 5.95 Å². The normalized spacial score (nSPS) is 21.5. The number of aliphatic hydroxyl groups is 3. The van der Waals surface area contributed by atoms with Gasteiger partial charge in [-0.2, -0.15) is 9.29 Å². The van der Waals surface area contributed by atoms with Gasteiger partial charge in [-0.3, -0.25) is 28.2 Å². The van der Waals surface area contributed by atoms with Crippen molar-refractivity contribution in [3.05, 3.63) is 76.3 Å². The lowest BCUT2D eigenvalue weighted by Gasteiger charge is -2.19. The number of nitrogen functional groups attached to an aromatic ring is 1. The molecule has 1 fully saturated rings. The summed E-state index contributed by atoms with van der Waals surface area (Å²) in [4.78, 5) is 56.3. The summed E-state index contributed by atoms with van der Waals surface area (Å²) in [6.45, 7) is -1.31. The minimum absolute atomic E-state index is 0.0483. The number of nitrogens with two attached hydrogens (primary N) is 1. The lowest BCUT2D eigenvalue weighted by Crippen LogP contribution is -2.33. The van der Waals surface area contributed by atoms with Crippen molar-refractivity contribution >= 4 is 50.4 Å². The standard InChI is InChI=1S/C28H34N6O13P2S/c29-28-32-25-22(26(39)33-28)31-15-34(25)27-24(38)23(37)18(46-27)14-45-49(42,43)47-48(40,41)44-11-5-10-21(36)30-12-16-6-1-3-8-19(16)50-20-9-4-2-7-17(20)13-35/h1-4,6-9,15,18,23-24,27,35,37-38H,5,10-14H2,(H,30,36)(H,40,41)(H,42,43)(H3,29,32,33,39)/t18-,23-,24-,27-/m1/s1. The number of aromatic nitrogens is 4. The average Bonchev–Trinajstić information content (AvgIpc) is 3.61. The summed E-state index contributed by atoms with van der Waals surface area (Å²) in [6, 6.07) is 14.8. The van der Waals surface area contributed by atoms with Gasteiger partial charge in [0, 0.05) is 22.8 Å². The zero-order chi connectivity index (χ0) is 36.1. The van der Waals surface area contributed by atoms with Gasteiger partial charge >= 0.3 is 15.6 Å². The number of imidazole rings is 1. The van der Waals surface area contributed by atoms with Gasteiger partial charge in [0.15, 0.2) is 17.4 Å². The van der Waals surface area contributed by atoms with E-state index in [-0.39, 0.29) is 49.0 Å². The smallest absolute Gasteiger partial charge is 0.392 e. The van der Waals surface area contributed by atoms with E-state index in [2.05, 4.69) is 24.6 Å². The number of hydrogen-bond acceptors (Lipinski definition) is 15. The molecule has 0 spiro atoms. The lowest BCUT2D eigenvalue weighted by molar-refractivity contribution is -0.121. The molecular weight excluding hydrogens is 722 g/mol. The number of aromatic amines is 1. The minimum atomic E-state index is -5.29. The van der Waals surface area contributed by atoms with Crippen LogP contribution in [0.25, 0.3) is 11.2 Å². The Morgan fingerprint density at radius 2 is 1.70 bits per heavy atom. The molecule has 2 aromatic carbocycles. The average molecular weight is 757 g/mol. The first kappa shape index (κ1) is 37.8. The van der Waals surface area contributed by atoms with Crippen molar-refractivity contribution in [3.63, 3.8) is 0 Å². The fourth-order valence-electron chi connectivity index (χ4n) is 4.87. The Kier molecular flexibility index (Phi) is 12.3. The second-order valence-corrected chi connectivity index (χ2v) is 15.0. The number of carbonyl (C=O) groups excluding carboxylic acids is 1. The van der Waals surface area contributed by atoms with E-state index in [4.69, 9.17) is 19.5 Å². The third-order valence-corrected chi connectivity index (χ3v) is 11.2. The molecule has 22 heteroatoms. The van der Waals surface area contributed by atoms with Crippen molar-refractivity contribution in [2.24, 2.45) is 0 Å². The molecule has 1 aliphatic rings. The maximum atomic E-state index is 12.4. The van der Waals surface area contributed by atoms with Crippen LogP contribution < -0.4 is 16.6 Å². The minimum Gasteiger partial charge on any atom is -0.392 e. The number of phosphoric acid groups is 2. The van der Waals surface area contributed by atoms with Crippen LogP contribution in [0.2, 0.25) is 0 Å². The highest BCUT2D eigenvalue weighted by Gasteiger charge is 2.46. The number of anilines is 1. The molecule has 2 aromatic heterocycles. The van der Waals surface area contributed by atoms with E-state index >= 15 is 0 Å². The van der Waals surface area contributed by atoms with E-state index in [0.717, 1.165) is 31.8 Å². The highest BCUT2D eigenvalue weighted by atomic mass is 32.2. The highest BCUT2D eigenvalue weighted by molar-refractivity contribution is 7.99. The van der Waals surface area contributed by atoms with Crippen molar-refractivity contribution in [2.75, 3.05) is 18.9 Å². The van der Waals surface area contributed by atoms with Crippen molar-refractivity contribution in [1.82, 2.24) is 24.8 Å². The molecule has 1 aliphatic heterocycles. The number of fused-ring (bicyclic) bond motifs is 1. The van der Waals surface area contributed by atoms with Crippen molar-refractivity contribution in [1.29, 1.82) is 0 Å². The topological polar surface area (TPSA) is 291 Å². The number of rotatable bonds is 16. The van der Waals surface area contributed by atoms with Crippen LogP contribution in [0.5, 0.6) is 0 Å². The summed E-state index contributed by atoms with van der Waals surface area (Å²) >= 11 is 1.45. The number of nitrogens with one attached hydrogen (secondary N) is 2. The molecular formula is C28H34N6O13P2S. The van der Waals surface area contributed by atoms with Gasteiger partial charge in [0.1, 0.15) is 18.3 Å². The van der Waals surface area contributed by atoms with Crippen LogP contribution in [0, 0.1) is 0 Å². The van der Waals surface area contributed by atoms with Crippen molar-refractivity contribution in [2.45, 2.75) is 60.3 Å². The highest BCUT2D eigenvalue weighted by Crippen LogP contribution is 2.60. The Morgan fingerprint density at radius 1 is 1.04 bits per heavy atom. The third kappa shape index (κ3) is 9.43. The molecule has 270 valence electrons. The van der Waals surface area contributed by atoms with E-state index in [9.17, 15) is 43.8 Å². The van der Waals surface area contributed by atoms with Crippen LogP contribution >= 0.6 is 27.4 Å². The molecule has 6 atom stereocenters. The predicted octanol–water partition coefficient (Wildman–Crippen LogP) is 1.31. The maximum absolute atomic E-state index is 12.4. The zero-order valence-corrected chi connectivity index (χ0v) is 28.6. The largest absolute Gasteiger partial charge is 0.481 e. The monoisotopic (exact) mass is 756 g/mol. The first-order chi connectivity index (χ1) is 23.8. The van der Waals surface area contributed by atoms with Gasteiger partial charge in [-0.05, 0) is 29.7 Å². The number of amides is 1. The molecule has 9 N–H and O–H groups in total. The molecule has 0 aliphatic carbocycles. The van der Waals surface area contributed by atoms with Gasteiger partial charge in [0.25, 0.3) is 5.56 Å². The fourth-order valence-corrected chi connectivity index (χ4v) is 8.05. The van der Waals surface area contributed by atoms with Gasteiger partial charge < -0.3 is 40.9 Å². The Bertz CT molecular complexity index is 1980. The van der Waals surface area contributed by atoms with E-state index in [1.807, 2.05) is 48.5 Å². The molecule has 0 bridgehead atoms. The first-order valence-electron chi connectivity index (χ1n) is 14.9. The van der Waals surface area contributed by atoms with Crippen molar-refractivity contribution in [3.8, 4) is 0 Å².